The zero-order valence-corrected chi connectivity index (χ0v) is 21.0. The van der Waals surface area contributed by atoms with Crippen molar-refractivity contribution in [2.45, 2.75) is 44.7 Å². The van der Waals surface area contributed by atoms with Crippen LogP contribution in [0.5, 0.6) is 0 Å². The zero-order chi connectivity index (χ0) is 23.2. The van der Waals surface area contributed by atoms with Crippen LogP contribution in [0.25, 0.3) is 0 Å². The van der Waals surface area contributed by atoms with Crippen LogP contribution in [-0.2, 0) is 40.6 Å². The maximum atomic E-state index is 6.53. The Morgan fingerprint density at radius 2 is 1.21 bits per heavy atom. The molecule has 3 atom stereocenters. The number of imidazole rings is 1. The van der Waals surface area contributed by atoms with Crippen molar-refractivity contribution in [2.24, 2.45) is 0 Å². The summed E-state index contributed by atoms with van der Waals surface area (Å²) in [5.41, 5.74) is 3.37. The summed E-state index contributed by atoms with van der Waals surface area (Å²) in [6.07, 6.45) is 1.24. The summed E-state index contributed by atoms with van der Waals surface area (Å²) in [5.74, 6) is 0.887. The third-order valence-corrected chi connectivity index (χ3v) is 6.46. The summed E-state index contributed by atoms with van der Waals surface area (Å²) in [6.45, 7) is 2.15. The van der Waals surface area contributed by atoms with Gasteiger partial charge in [0.05, 0.1) is 26.4 Å². The van der Waals surface area contributed by atoms with Crippen LogP contribution in [0.4, 0.5) is 0 Å². The third kappa shape index (κ3) is 5.75. The van der Waals surface area contributed by atoms with Crippen LogP contribution in [0, 0.1) is 3.70 Å². The molecule has 0 radical (unpaired) electrons. The van der Waals surface area contributed by atoms with E-state index < -0.39 is 0 Å². The first-order valence-corrected chi connectivity index (χ1v) is 12.5. The molecule has 6 heteroatoms. The van der Waals surface area contributed by atoms with Crippen LogP contribution in [0.1, 0.15) is 28.6 Å². The first-order chi connectivity index (χ1) is 16.8. The van der Waals surface area contributed by atoms with Gasteiger partial charge in [0.15, 0.2) is 0 Å². The van der Waals surface area contributed by atoms with Gasteiger partial charge in [0.2, 0.25) is 0 Å². The van der Waals surface area contributed by atoms with Gasteiger partial charge in [-0.1, -0.05) is 91.0 Å². The monoisotopic (exact) mass is 566 g/mol. The highest BCUT2D eigenvalue weighted by molar-refractivity contribution is 14.1. The fourth-order valence-electron chi connectivity index (χ4n) is 4.23. The Hall–Kier alpha value is -2.52. The molecule has 0 bridgehead atoms. The van der Waals surface area contributed by atoms with E-state index >= 15 is 0 Å². The lowest BCUT2D eigenvalue weighted by atomic mass is 10.0. The number of fused-ring (bicyclic) bond motifs is 1. The summed E-state index contributed by atoms with van der Waals surface area (Å²) in [6, 6.07) is 30.7. The molecule has 0 aliphatic carbocycles. The highest BCUT2D eigenvalue weighted by atomic mass is 127. The van der Waals surface area contributed by atoms with Crippen molar-refractivity contribution < 1.29 is 14.2 Å². The Morgan fingerprint density at radius 1 is 0.706 bits per heavy atom. The Kier molecular flexibility index (Phi) is 7.70. The topological polar surface area (TPSA) is 45.5 Å². The van der Waals surface area contributed by atoms with E-state index in [2.05, 4.69) is 69.8 Å². The molecular formula is C28H27IN2O3. The summed E-state index contributed by atoms with van der Waals surface area (Å²) in [5, 5.41) is 0. The molecule has 0 spiro atoms. The average Bonchev–Trinajstić information content (AvgIpc) is 3.26. The highest BCUT2D eigenvalue weighted by Gasteiger charge is 2.41. The summed E-state index contributed by atoms with van der Waals surface area (Å²) in [7, 11) is 0. The van der Waals surface area contributed by atoms with Crippen molar-refractivity contribution in [1.29, 1.82) is 0 Å². The molecule has 0 unspecified atom stereocenters. The maximum Gasteiger partial charge on any atom is 0.144 e. The fraction of sp³-hybridized carbons (Fsp3) is 0.250. The largest absolute Gasteiger partial charge is 0.369 e. The van der Waals surface area contributed by atoms with Gasteiger partial charge in [0.25, 0.3) is 0 Å². The number of rotatable bonds is 9. The smallest absolute Gasteiger partial charge is 0.144 e. The van der Waals surface area contributed by atoms with Crippen LogP contribution >= 0.6 is 22.6 Å². The molecule has 34 heavy (non-hydrogen) atoms. The molecule has 1 aliphatic rings. The van der Waals surface area contributed by atoms with Gasteiger partial charge in [-0.05, 0) is 39.3 Å². The fourth-order valence-corrected chi connectivity index (χ4v) is 4.81. The second-order valence-electron chi connectivity index (χ2n) is 8.39. The summed E-state index contributed by atoms with van der Waals surface area (Å²) in [4.78, 5) is 4.79. The number of ether oxygens (including phenoxy) is 3. The second-order valence-corrected chi connectivity index (χ2v) is 9.49. The van der Waals surface area contributed by atoms with Gasteiger partial charge in [-0.15, -0.1) is 0 Å². The number of hydrogen-bond donors (Lipinski definition) is 0. The van der Waals surface area contributed by atoms with E-state index in [1.54, 1.807) is 0 Å². The maximum absolute atomic E-state index is 6.53. The van der Waals surface area contributed by atoms with Crippen LogP contribution in [0.15, 0.2) is 97.2 Å². The summed E-state index contributed by atoms with van der Waals surface area (Å²) < 4.78 is 22.6. The molecule has 1 aromatic heterocycles. The molecule has 0 fully saturated rings. The SMILES string of the molecule is Ic1cn2c(n1)[C@H](OCc1ccccc1)[C@@H](OCc1ccccc1)[C@H](OCc1ccccc1)C2. The summed E-state index contributed by atoms with van der Waals surface area (Å²) >= 11 is 2.26. The van der Waals surface area contributed by atoms with E-state index in [4.69, 9.17) is 19.2 Å². The minimum absolute atomic E-state index is 0.179. The number of benzene rings is 3. The van der Waals surface area contributed by atoms with Crippen LogP contribution in [0.3, 0.4) is 0 Å². The van der Waals surface area contributed by atoms with Crippen molar-refractivity contribution in [3.63, 3.8) is 0 Å². The van der Waals surface area contributed by atoms with Crippen LogP contribution < -0.4 is 0 Å². The van der Waals surface area contributed by atoms with Gasteiger partial charge in [-0.2, -0.15) is 0 Å². The molecule has 4 aromatic rings. The first-order valence-electron chi connectivity index (χ1n) is 11.5. The normalized spacial score (nSPS) is 19.6. The van der Waals surface area contributed by atoms with Gasteiger partial charge in [-0.25, -0.2) is 4.98 Å². The Labute approximate surface area is 213 Å². The van der Waals surface area contributed by atoms with Gasteiger partial charge < -0.3 is 18.8 Å². The Morgan fingerprint density at radius 3 is 1.76 bits per heavy atom. The van der Waals surface area contributed by atoms with Crippen molar-refractivity contribution in [3.05, 3.63) is 123 Å². The molecule has 5 nitrogen and oxygen atoms in total. The zero-order valence-electron chi connectivity index (χ0n) is 18.8. The number of halogens is 1. The van der Waals surface area contributed by atoms with Gasteiger partial charge in [-0.3, -0.25) is 0 Å². The van der Waals surface area contributed by atoms with Gasteiger partial charge >= 0.3 is 0 Å². The molecule has 5 rings (SSSR count). The molecule has 3 aromatic carbocycles. The molecule has 0 N–H and O–H groups in total. The third-order valence-electron chi connectivity index (χ3n) is 5.94. The van der Waals surface area contributed by atoms with Crippen molar-refractivity contribution in [3.8, 4) is 0 Å². The standard InChI is InChI=1S/C28H27IN2O3/c29-25-17-31-16-24(32-18-21-10-4-1-5-11-21)26(33-19-22-12-6-2-7-13-22)27(28(31)30-25)34-20-23-14-8-3-9-15-23/h1-15,17,24,26-27H,16,18-20H2/t24-,26+,27-/m1/s1. The van der Waals surface area contributed by atoms with Crippen LogP contribution in [-0.4, -0.2) is 21.8 Å². The molecule has 0 amide bonds. The van der Waals surface area contributed by atoms with E-state index in [1.165, 1.54) is 0 Å². The van der Waals surface area contributed by atoms with Crippen molar-refractivity contribution in [2.75, 3.05) is 0 Å². The second kappa shape index (κ2) is 11.3. The number of nitrogens with zero attached hydrogens (tertiary/aromatic N) is 2. The predicted octanol–water partition coefficient (Wildman–Crippen LogP) is 5.93. The van der Waals surface area contributed by atoms with Crippen molar-refractivity contribution in [1.82, 2.24) is 9.55 Å². The molecule has 1 aliphatic heterocycles. The van der Waals surface area contributed by atoms with E-state index in [0.717, 1.165) is 26.2 Å². The van der Waals surface area contributed by atoms with Gasteiger partial charge in [0, 0.05) is 6.20 Å². The minimum atomic E-state index is -0.345. The quantitative estimate of drug-likeness (QED) is 0.236. The van der Waals surface area contributed by atoms with E-state index in [-0.39, 0.29) is 18.3 Å². The lowest BCUT2D eigenvalue weighted by Gasteiger charge is -2.38. The minimum Gasteiger partial charge on any atom is -0.369 e. The highest BCUT2D eigenvalue weighted by Crippen LogP contribution is 2.34. The van der Waals surface area contributed by atoms with E-state index in [9.17, 15) is 0 Å². The molecule has 2 heterocycles. The first kappa shape index (κ1) is 23.2. The Balaban J connectivity index is 1.41. The molecular weight excluding hydrogens is 539 g/mol. The van der Waals surface area contributed by atoms with E-state index in [0.29, 0.717) is 26.4 Å². The van der Waals surface area contributed by atoms with Crippen molar-refractivity contribution >= 4 is 22.6 Å². The lowest BCUT2D eigenvalue weighted by molar-refractivity contribution is -0.171. The number of hydrogen-bond acceptors (Lipinski definition) is 4. The Bertz CT molecular complexity index is 1170. The van der Waals surface area contributed by atoms with Gasteiger partial charge in [0.1, 0.15) is 27.8 Å². The average molecular weight is 566 g/mol. The lowest BCUT2D eigenvalue weighted by Crippen LogP contribution is -2.45. The van der Waals surface area contributed by atoms with Crippen LogP contribution in [0.2, 0.25) is 0 Å². The predicted molar refractivity (Wildman–Crippen MR) is 139 cm³/mol. The number of aromatic nitrogens is 2. The van der Waals surface area contributed by atoms with E-state index in [1.807, 2.05) is 54.6 Å². The molecule has 0 saturated carbocycles. The molecule has 174 valence electrons. The molecule has 0 saturated heterocycles.